The Bertz CT molecular complexity index is 1250. The van der Waals surface area contributed by atoms with Crippen LogP contribution in [0.5, 0.6) is 5.75 Å². The minimum Gasteiger partial charge on any atom is -0.483 e. The van der Waals surface area contributed by atoms with Crippen LogP contribution in [0.1, 0.15) is 12.1 Å². The molecule has 0 radical (unpaired) electrons. The number of hydrogen-bond donors (Lipinski definition) is 1. The number of aromatic nitrogens is 2. The lowest BCUT2D eigenvalue weighted by Crippen LogP contribution is -2.49. The molecule has 1 N–H and O–H groups in total. The molecule has 2 aliphatic rings. The molecule has 1 aromatic carbocycles. The van der Waals surface area contributed by atoms with Crippen molar-refractivity contribution in [1.29, 1.82) is 0 Å². The van der Waals surface area contributed by atoms with E-state index in [1.165, 1.54) is 28.5 Å². The average Bonchev–Trinajstić information content (AvgIpc) is 3.36. The third kappa shape index (κ3) is 4.93. The second kappa shape index (κ2) is 9.92. The fourth-order valence-corrected chi connectivity index (χ4v) is 4.66. The van der Waals surface area contributed by atoms with Gasteiger partial charge in [0.05, 0.1) is 36.5 Å². The molecule has 0 saturated carbocycles. The molecule has 35 heavy (non-hydrogen) atoms. The molecule has 0 spiro atoms. The molecule has 0 unspecified atom stereocenters. The van der Waals surface area contributed by atoms with Crippen LogP contribution in [0.25, 0.3) is 11.3 Å². The Kier molecular flexibility index (Phi) is 6.55. The van der Waals surface area contributed by atoms with E-state index < -0.39 is 17.7 Å². The van der Waals surface area contributed by atoms with E-state index >= 15 is 0 Å². The zero-order valence-electron chi connectivity index (χ0n) is 18.5. The van der Waals surface area contributed by atoms with Gasteiger partial charge in [-0.3, -0.25) is 20.0 Å². The molecular weight excluding hydrogens is 480 g/mol. The van der Waals surface area contributed by atoms with Crippen LogP contribution in [-0.2, 0) is 16.1 Å². The van der Waals surface area contributed by atoms with Crippen molar-refractivity contribution in [3.8, 4) is 17.0 Å². The number of thiazole rings is 1. The smallest absolute Gasteiger partial charge is 0.328 e. The second-order valence-corrected chi connectivity index (χ2v) is 8.74. The number of morpholine rings is 1. The van der Waals surface area contributed by atoms with Crippen molar-refractivity contribution in [1.82, 2.24) is 15.3 Å². The molecule has 0 aliphatic carbocycles. The molecule has 182 valence electrons. The number of nitrogens with zero attached hydrogens (tertiary/aromatic N) is 4. The number of carbonyl (C=O) groups is 2. The van der Waals surface area contributed by atoms with E-state index in [2.05, 4.69) is 20.2 Å². The van der Waals surface area contributed by atoms with Crippen LogP contribution in [0.2, 0.25) is 0 Å². The van der Waals surface area contributed by atoms with Crippen LogP contribution in [0, 0.1) is 11.6 Å². The first kappa shape index (κ1) is 23.1. The monoisotopic (exact) mass is 501 g/mol. The number of anilines is 2. The third-order valence-corrected chi connectivity index (χ3v) is 6.54. The maximum Gasteiger partial charge on any atom is 0.328 e. The Morgan fingerprint density at radius 3 is 2.69 bits per heavy atom. The summed E-state index contributed by atoms with van der Waals surface area (Å²) in [5, 5.41) is 4.81. The largest absolute Gasteiger partial charge is 0.483 e. The molecule has 2 saturated heterocycles. The number of ether oxygens (including phenoxy) is 2. The number of nitrogens with one attached hydrogen (secondary N) is 1. The van der Waals surface area contributed by atoms with E-state index in [0.717, 1.165) is 11.2 Å². The van der Waals surface area contributed by atoms with E-state index in [1.807, 2.05) is 0 Å². The highest BCUT2D eigenvalue weighted by atomic mass is 32.1. The molecule has 12 heteroatoms. The zero-order chi connectivity index (χ0) is 24.4. The number of urea groups is 1. The summed E-state index contributed by atoms with van der Waals surface area (Å²) in [6.07, 6.45) is 1.66. The van der Waals surface area contributed by atoms with Gasteiger partial charge in [-0.05, 0) is 24.3 Å². The lowest BCUT2D eigenvalue weighted by atomic mass is 10.1. The van der Waals surface area contributed by atoms with Crippen LogP contribution < -0.4 is 19.9 Å². The number of rotatable bonds is 6. The Morgan fingerprint density at radius 1 is 1.11 bits per heavy atom. The van der Waals surface area contributed by atoms with Gasteiger partial charge >= 0.3 is 6.03 Å². The summed E-state index contributed by atoms with van der Waals surface area (Å²) in [7, 11) is 0. The summed E-state index contributed by atoms with van der Waals surface area (Å²) >= 11 is 1.42. The Labute approximate surface area is 203 Å². The summed E-state index contributed by atoms with van der Waals surface area (Å²) in [6.45, 7) is 2.77. The molecule has 4 heterocycles. The quantitative estimate of drug-likeness (QED) is 0.553. The standard InChI is InChI=1S/C23H21F2N5O4S/c24-17-4-3-16(18-13-35-23(27-18)29-7-9-33-10-8-29)21(20(17)25)34-12-14-1-2-15(11-26-14)30-6-5-19(31)28-22(30)32/h1-4,11,13H,5-10,12H2,(H,28,31,32). The first-order valence-electron chi connectivity index (χ1n) is 11.0. The number of imide groups is 1. The number of amides is 3. The molecular formula is C23H21F2N5O4S. The van der Waals surface area contributed by atoms with Crippen LogP contribution in [0.3, 0.4) is 0 Å². The van der Waals surface area contributed by atoms with Gasteiger partial charge in [0, 0.05) is 37.0 Å². The normalized spacial score (nSPS) is 16.4. The predicted octanol–water partition coefficient (Wildman–Crippen LogP) is 3.35. The highest BCUT2D eigenvalue weighted by Crippen LogP contribution is 2.36. The average molecular weight is 502 g/mol. The predicted molar refractivity (Wildman–Crippen MR) is 125 cm³/mol. The first-order valence-corrected chi connectivity index (χ1v) is 11.8. The molecule has 0 bridgehead atoms. The molecule has 3 amide bonds. The van der Waals surface area contributed by atoms with Crippen molar-refractivity contribution in [3.05, 3.63) is 53.2 Å². The Hall–Kier alpha value is -3.64. The van der Waals surface area contributed by atoms with Gasteiger partial charge in [0.2, 0.25) is 11.7 Å². The molecule has 2 aliphatic heterocycles. The molecule has 5 rings (SSSR count). The summed E-state index contributed by atoms with van der Waals surface area (Å²) in [5.74, 6) is -2.70. The fourth-order valence-electron chi connectivity index (χ4n) is 3.78. The number of pyridine rings is 1. The van der Waals surface area contributed by atoms with Gasteiger partial charge in [-0.2, -0.15) is 4.39 Å². The highest BCUT2D eigenvalue weighted by Gasteiger charge is 2.25. The first-order chi connectivity index (χ1) is 17.0. The van der Waals surface area contributed by atoms with E-state index in [1.54, 1.807) is 17.5 Å². The van der Waals surface area contributed by atoms with Gasteiger partial charge in [-0.25, -0.2) is 14.2 Å². The second-order valence-electron chi connectivity index (χ2n) is 7.90. The van der Waals surface area contributed by atoms with Gasteiger partial charge in [0.15, 0.2) is 16.7 Å². The summed E-state index contributed by atoms with van der Waals surface area (Å²) in [5.41, 5.74) is 1.78. The van der Waals surface area contributed by atoms with Crippen molar-refractivity contribution >= 4 is 34.1 Å². The topological polar surface area (TPSA) is 96.9 Å². The van der Waals surface area contributed by atoms with Crippen LogP contribution in [0.15, 0.2) is 35.8 Å². The van der Waals surface area contributed by atoms with Gasteiger partial charge < -0.3 is 14.4 Å². The molecule has 2 fully saturated rings. The van der Waals surface area contributed by atoms with Crippen LogP contribution in [0.4, 0.5) is 24.4 Å². The molecule has 2 aromatic heterocycles. The number of carbonyl (C=O) groups excluding carboxylic acids is 2. The minimum atomic E-state index is -1.10. The van der Waals surface area contributed by atoms with Crippen molar-refractivity contribution in [3.63, 3.8) is 0 Å². The van der Waals surface area contributed by atoms with Gasteiger partial charge in [0.25, 0.3) is 0 Å². The highest BCUT2D eigenvalue weighted by molar-refractivity contribution is 7.14. The SMILES string of the molecule is O=C1CCN(c2ccc(COc3c(-c4csc(N5CCOCC5)n4)ccc(F)c3F)nc2)C(=O)N1. The number of benzene rings is 1. The number of halogens is 2. The van der Waals surface area contributed by atoms with Gasteiger partial charge in [0.1, 0.15) is 6.61 Å². The Morgan fingerprint density at radius 2 is 1.94 bits per heavy atom. The van der Waals surface area contributed by atoms with Crippen molar-refractivity contribution in [2.75, 3.05) is 42.6 Å². The van der Waals surface area contributed by atoms with Crippen LogP contribution in [-0.4, -0.2) is 54.8 Å². The molecule has 0 atom stereocenters. The summed E-state index contributed by atoms with van der Waals surface area (Å²) in [6, 6.07) is 5.25. The summed E-state index contributed by atoms with van der Waals surface area (Å²) in [4.78, 5) is 35.7. The lowest BCUT2D eigenvalue weighted by Gasteiger charge is -2.26. The number of hydrogen-bond acceptors (Lipinski definition) is 8. The summed E-state index contributed by atoms with van der Waals surface area (Å²) < 4.78 is 39.8. The minimum absolute atomic E-state index is 0.126. The maximum atomic E-state index is 14.7. The van der Waals surface area contributed by atoms with Crippen molar-refractivity contribution < 1.29 is 27.8 Å². The van der Waals surface area contributed by atoms with E-state index in [0.29, 0.717) is 48.9 Å². The fraction of sp³-hybridized carbons (Fsp3) is 0.304. The third-order valence-electron chi connectivity index (χ3n) is 5.64. The maximum absolute atomic E-state index is 14.7. The van der Waals surface area contributed by atoms with E-state index in [4.69, 9.17) is 9.47 Å². The lowest BCUT2D eigenvalue weighted by molar-refractivity contribution is -0.120. The van der Waals surface area contributed by atoms with Crippen molar-refractivity contribution in [2.45, 2.75) is 13.0 Å². The van der Waals surface area contributed by atoms with E-state index in [-0.39, 0.29) is 31.2 Å². The Balaban J connectivity index is 1.32. The van der Waals surface area contributed by atoms with Gasteiger partial charge in [-0.1, -0.05) is 0 Å². The molecule has 3 aromatic rings. The van der Waals surface area contributed by atoms with Gasteiger partial charge in [-0.15, -0.1) is 11.3 Å². The van der Waals surface area contributed by atoms with E-state index in [9.17, 15) is 18.4 Å². The zero-order valence-corrected chi connectivity index (χ0v) is 19.3. The van der Waals surface area contributed by atoms with Crippen molar-refractivity contribution in [2.24, 2.45) is 0 Å². The van der Waals surface area contributed by atoms with Crippen LogP contribution >= 0.6 is 11.3 Å². The molecule has 9 nitrogen and oxygen atoms in total.